The van der Waals surface area contributed by atoms with Gasteiger partial charge in [0.15, 0.2) is 9.84 Å². The SMILES string of the molecule is Cc1ccc(CCC(=O)NCc2ccc(N3CCS(=O)(=O)CC3)cc2)cc1. The van der Waals surface area contributed by atoms with E-state index in [0.717, 1.165) is 17.7 Å². The fourth-order valence-corrected chi connectivity index (χ4v) is 4.30. The number of carbonyl (C=O) groups is 1. The predicted octanol–water partition coefficient (Wildman–Crippen LogP) is 2.48. The van der Waals surface area contributed by atoms with Crippen molar-refractivity contribution < 1.29 is 13.2 Å². The lowest BCUT2D eigenvalue weighted by Gasteiger charge is -2.28. The summed E-state index contributed by atoms with van der Waals surface area (Å²) < 4.78 is 23.0. The van der Waals surface area contributed by atoms with Crippen LogP contribution in [0.15, 0.2) is 48.5 Å². The van der Waals surface area contributed by atoms with Crippen LogP contribution in [0.1, 0.15) is 23.1 Å². The summed E-state index contributed by atoms with van der Waals surface area (Å²) >= 11 is 0. The summed E-state index contributed by atoms with van der Waals surface area (Å²) in [5.41, 5.74) is 4.45. The van der Waals surface area contributed by atoms with E-state index in [0.29, 0.717) is 26.1 Å². The first-order valence-electron chi connectivity index (χ1n) is 9.28. The highest BCUT2D eigenvalue weighted by Crippen LogP contribution is 2.18. The normalized spacial score (nSPS) is 16.1. The minimum atomic E-state index is -2.87. The summed E-state index contributed by atoms with van der Waals surface area (Å²) in [6.45, 7) is 3.63. The average molecular weight is 387 g/mol. The van der Waals surface area contributed by atoms with Gasteiger partial charge < -0.3 is 10.2 Å². The lowest BCUT2D eigenvalue weighted by atomic mass is 10.1. The number of nitrogens with one attached hydrogen (secondary N) is 1. The number of aryl methyl sites for hydroxylation is 2. The van der Waals surface area contributed by atoms with Gasteiger partial charge in [0.1, 0.15) is 0 Å². The van der Waals surface area contributed by atoms with Crippen molar-refractivity contribution in [1.82, 2.24) is 5.32 Å². The zero-order valence-corrected chi connectivity index (χ0v) is 16.5. The van der Waals surface area contributed by atoms with Gasteiger partial charge in [0.2, 0.25) is 5.91 Å². The molecule has 2 aromatic rings. The first-order chi connectivity index (χ1) is 12.9. The Hall–Kier alpha value is -2.34. The number of hydrogen-bond donors (Lipinski definition) is 1. The fraction of sp³-hybridized carbons (Fsp3) is 0.381. The van der Waals surface area contributed by atoms with Crippen molar-refractivity contribution in [2.75, 3.05) is 29.5 Å². The Morgan fingerprint density at radius 2 is 1.56 bits per heavy atom. The second-order valence-electron chi connectivity index (χ2n) is 7.07. The smallest absolute Gasteiger partial charge is 0.220 e. The predicted molar refractivity (Wildman–Crippen MR) is 109 cm³/mol. The molecule has 1 aliphatic rings. The van der Waals surface area contributed by atoms with E-state index in [2.05, 4.69) is 41.4 Å². The maximum absolute atomic E-state index is 12.1. The van der Waals surface area contributed by atoms with E-state index in [-0.39, 0.29) is 17.4 Å². The maximum atomic E-state index is 12.1. The third-order valence-electron chi connectivity index (χ3n) is 4.90. The molecular formula is C21H26N2O3S. The zero-order valence-electron chi connectivity index (χ0n) is 15.6. The molecular weight excluding hydrogens is 360 g/mol. The van der Waals surface area contributed by atoms with Crippen LogP contribution in [0, 0.1) is 6.92 Å². The Bertz CT molecular complexity index is 861. The van der Waals surface area contributed by atoms with Crippen LogP contribution >= 0.6 is 0 Å². The molecule has 0 unspecified atom stereocenters. The van der Waals surface area contributed by atoms with E-state index in [1.165, 1.54) is 11.1 Å². The summed E-state index contributed by atoms with van der Waals surface area (Å²) in [5, 5.41) is 2.96. The van der Waals surface area contributed by atoms with Gasteiger partial charge in [-0.3, -0.25) is 4.79 Å². The molecule has 5 nitrogen and oxygen atoms in total. The van der Waals surface area contributed by atoms with Crippen LogP contribution in [0.2, 0.25) is 0 Å². The largest absolute Gasteiger partial charge is 0.369 e. The number of anilines is 1. The monoisotopic (exact) mass is 386 g/mol. The van der Waals surface area contributed by atoms with Crippen LogP contribution in [0.25, 0.3) is 0 Å². The van der Waals surface area contributed by atoms with Crippen LogP contribution in [0.4, 0.5) is 5.69 Å². The Labute approximate surface area is 161 Å². The van der Waals surface area contributed by atoms with Gasteiger partial charge in [-0.1, -0.05) is 42.0 Å². The molecule has 1 aliphatic heterocycles. The molecule has 0 radical (unpaired) electrons. The lowest BCUT2D eigenvalue weighted by molar-refractivity contribution is -0.121. The van der Waals surface area contributed by atoms with Crippen LogP contribution in [-0.2, 0) is 27.6 Å². The molecule has 0 spiro atoms. The van der Waals surface area contributed by atoms with Crippen molar-refractivity contribution >= 4 is 21.4 Å². The molecule has 1 heterocycles. The van der Waals surface area contributed by atoms with Gasteiger partial charge in [0.05, 0.1) is 11.5 Å². The van der Waals surface area contributed by atoms with Crippen LogP contribution in [0.5, 0.6) is 0 Å². The standard InChI is InChI=1S/C21H26N2O3S/c1-17-2-4-18(5-3-17)8-11-21(24)22-16-19-6-9-20(10-7-19)23-12-14-27(25,26)15-13-23/h2-7,9-10H,8,11-16H2,1H3,(H,22,24). The number of nitrogens with zero attached hydrogens (tertiary/aromatic N) is 1. The minimum absolute atomic E-state index is 0.0425. The number of benzene rings is 2. The summed E-state index contributed by atoms with van der Waals surface area (Å²) in [6, 6.07) is 16.2. The van der Waals surface area contributed by atoms with Gasteiger partial charge in [0, 0.05) is 31.7 Å². The van der Waals surface area contributed by atoms with Gasteiger partial charge in [0.25, 0.3) is 0 Å². The molecule has 0 atom stereocenters. The molecule has 0 aromatic heterocycles. The van der Waals surface area contributed by atoms with E-state index in [1.54, 1.807) is 0 Å². The molecule has 27 heavy (non-hydrogen) atoms. The molecule has 1 fully saturated rings. The quantitative estimate of drug-likeness (QED) is 0.828. The third kappa shape index (κ3) is 5.82. The molecule has 1 N–H and O–H groups in total. The first kappa shape index (κ1) is 19.4. The Morgan fingerprint density at radius 1 is 0.963 bits per heavy atom. The highest BCUT2D eigenvalue weighted by atomic mass is 32.2. The van der Waals surface area contributed by atoms with Gasteiger partial charge in [-0.05, 0) is 36.6 Å². The maximum Gasteiger partial charge on any atom is 0.220 e. The summed E-state index contributed by atoms with van der Waals surface area (Å²) in [6.07, 6.45) is 1.21. The summed E-state index contributed by atoms with van der Waals surface area (Å²) in [7, 11) is -2.87. The number of carbonyl (C=O) groups excluding carboxylic acids is 1. The van der Waals surface area contributed by atoms with E-state index >= 15 is 0 Å². The van der Waals surface area contributed by atoms with Crippen molar-refractivity contribution in [1.29, 1.82) is 0 Å². The molecule has 0 aliphatic carbocycles. The van der Waals surface area contributed by atoms with E-state index < -0.39 is 9.84 Å². The molecule has 1 amide bonds. The molecule has 2 aromatic carbocycles. The van der Waals surface area contributed by atoms with E-state index in [1.807, 2.05) is 24.3 Å². The second kappa shape index (κ2) is 8.57. The highest BCUT2D eigenvalue weighted by Gasteiger charge is 2.21. The minimum Gasteiger partial charge on any atom is -0.369 e. The third-order valence-corrected chi connectivity index (χ3v) is 6.51. The Morgan fingerprint density at radius 3 is 2.19 bits per heavy atom. The van der Waals surface area contributed by atoms with Crippen LogP contribution in [0.3, 0.4) is 0 Å². The van der Waals surface area contributed by atoms with Gasteiger partial charge >= 0.3 is 0 Å². The van der Waals surface area contributed by atoms with Gasteiger partial charge in [-0.15, -0.1) is 0 Å². The van der Waals surface area contributed by atoms with Crippen molar-refractivity contribution in [3.8, 4) is 0 Å². The molecule has 0 saturated carbocycles. The Kier molecular flexibility index (Phi) is 6.16. The lowest BCUT2D eigenvalue weighted by Crippen LogP contribution is -2.40. The van der Waals surface area contributed by atoms with E-state index in [9.17, 15) is 13.2 Å². The molecule has 6 heteroatoms. The zero-order chi connectivity index (χ0) is 19.3. The van der Waals surface area contributed by atoms with Crippen molar-refractivity contribution in [3.63, 3.8) is 0 Å². The topological polar surface area (TPSA) is 66.5 Å². The molecule has 1 saturated heterocycles. The summed E-state index contributed by atoms with van der Waals surface area (Å²) in [5.74, 6) is 0.471. The molecule has 0 bridgehead atoms. The van der Waals surface area contributed by atoms with Crippen LogP contribution in [-0.4, -0.2) is 38.9 Å². The average Bonchev–Trinajstić information content (AvgIpc) is 2.66. The highest BCUT2D eigenvalue weighted by molar-refractivity contribution is 7.91. The van der Waals surface area contributed by atoms with Crippen molar-refractivity contribution in [2.45, 2.75) is 26.3 Å². The van der Waals surface area contributed by atoms with E-state index in [4.69, 9.17) is 0 Å². The van der Waals surface area contributed by atoms with Gasteiger partial charge in [-0.25, -0.2) is 8.42 Å². The Balaban J connectivity index is 1.44. The second-order valence-corrected chi connectivity index (χ2v) is 9.37. The number of rotatable bonds is 6. The van der Waals surface area contributed by atoms with Gasteiger partial charge in [-0.2, -0.15) is 0 Å². The summed E-state index contributed by atoms with van der Waals surface area (Å²) in [4.78, 5) is 14.1. The van der Waals surface area contributed by atoms with Crippen LogP contribution < -0.4 is 10.2 Å². The number of amides is 1. The van der Waals surface area contributed by atoms with Crippen molar-refractivity contribution in [3.05, 3.63) is 65.2 Å². The first-order valence-corrected chi connectivity index (χ1v) is 11.1. The number of hydrogen-bond acceptors (Lipinski definition) is 4. The van der Waals surface area contributed by atoms with Crippen molar-refractivity contribution in [2.24, 2.45) is 0 Å². The number of sulfone groups is 1. The molecule has 3 rings (SSSR count). The fourth-order valence-electron chi connectivity index (χ4n) is 3.10. The molecule has 144 valence electrons.